The summed E-state index contributed by atoms with van der Waals surface area (Å²) in [7, 11) is 0. The summed E-state index contributed by atoms with van der Waals surface area (Å²) in [6.07, 6.45) is 4.01. The Morgan fingerprint density at radius 3 is 2.75 bits per heavy atom. The van der Waals surface area contributed by atoms with Gasteiger partial charge in [-0.15, -0.1) is 0 Å². The molecule has 2 unspecified atom stereocenters. The first kappa shape index (κ1) is 14.1. The van der Waals surface area contributed by atoms with Gasteiger partial charge in [-0.1, -0.05) is 18.0 Å². The number of piperazine rings is 1. The quantitative estimate of drug-likeness (QED) is 0.746. The average molecular weight is 295 g/mol. The SMILES string of the molecule is Cc1nc(Cl)c(C)c(N2CC3CCCCN3CC2C)n1. The van der Waals surface area contributed by atoms with Gasteiger partial charge in [-0.25, -0.2) is 9.97 Å². The Morgan fingerprint density at radius 1 is 1.15 bits per heavy atom. The van der Waals surface area contributed by atoms with Crippen molar-refractivity contribution in [2.45, 2.75) is 52.1 Å². The molecule has 2 saturated heterocycles. The van der Waals surface area contributed by atoms with Gasteiger partial charge in [0.05, 0.1) is 0 Å². The first-order valence-corrected chi connectivity index (χ1v) is 7.95. The molecule has 1 aromatic rings. The van der Waals surface area contributed by atoms with Gasteiger partial charge in [-0.2, -0.15) is 0 Å². The molecule has 2 atom stereocenters. The third-order valence-corrected chi connectivity index (χ3v) is 5.00. The molecule has 0 aromatic carbocycles. The van der Waals surface area contributed by atoms with Crippen LogP contribution in [-0.2, 0) is 0 Å². The van der Waals surface area contributed by atoms with Gasteiger partial charge in [-0.3, -0.25) is 4.90 Å². The molecule has 0 aliphatic carbocycles. The Labute approximate surface area is 126 Å². The van der Waals surface area contributed by atoms with Crippen LogP contribution in [0.4, 0.5) is 5.82 Å². The Balaban J connectivity index is 1.89. The second-order valence-electron chi connectivity index (χ2n) is 6.16. The molecular formula is C15H23ClN4. The predicted octanol–water partition coefficient (Wildman–Crippen LogP) is 2.81. The molecule has 0 bridgehead atoms. The molecule has 0 spiro atoms. The zero-order valence-corrected chi connectivity index (χ0v) is 13.3. The number of aromatic nitrogens is 2. The highest BCUT2D eigenvalue weighted by molar-refractivity contribution is 6.30. The summed E-state index contributed by atoms with van der Waals surface area (Å²) in [5.74, 6) is 1.79. The number of halogens is 1. The fourth-order valence-electron chi connectivity index (χ4n) is 3.51. The van der Waals surface area contributed by atoms with Crippen LogP contribution in [-0.4, -0.2) is 46.6 Å². The van der Waals surface area contributed by atoms with E-state index in [1.165, 1.54) is 25.8 Å². The number of hydrogen-bond acceptors (Lipinski definition) is 4. The average Bonchev–Trinajstić information content (AvgIpc) is 2.42. The molecule has 0 radical (unpaired) electrons. The Morgan fingerprint density at radius 2 is 1.95 bits per heavy atom. The Hall–Kier alpha value is -0.870. The lowest BCUT2D eigenvalue weighted by molar-refractivity contribution is 0.115. The third-order valence-electron chi connectivity index (χ3n) is 4.63. The minimum atomic E-state index is 0.480. The van der Waals surface area contributed by atoms with Gasteiger partial charge in [0.2, 0.25) is 0 Å². The van der Waals surface area contributed by atoms with Crippen molar-refractivity contribution in [1.82, 2.24) is 14.9 Å². The van der Waals surface area contributed by atoms with Crippen LogP contribution in [0.5, 0.6) is 0 Å². The smallest absolute Gasteiger partial charge is 0.137 e. The molecule has 0 amide bonds. The highest BCUT2D eigenvalue weighted by Gasteiger charge is 2.34. The molecule has 20 heavy (non-hydrogen) atoms. The van der Waals surface area contributed by atoms with Crippen LogP contribution < -0.4 is 4.90 Å². The molecule has 1 aromatic heterocycles. The molecule has 2 fully saturated rings. The van der Waals surface area contributed by atoms with Crippen molar-refractivity contribution < 1.29 is 0 Å². The van der Waals surface area contributed by atoms with Gasteiger partial charge in [0, 0.05) is 30.7 Å². The summed E-state index contributed by atoms with van der Waals surface area (Å²) in [4.78, 5) is 14.0. The number of hydrogen-bond donors (Lipinski definition) is 0. The van der Waals surface area contributed by atoms with Gasteiger partial charge >= 0.3 is 0 Å². The van der Waals surface area contributed by atoms with E-state index in [0.717, 1.165) is 30.3 Å². The van der Waals surface area contributed by atoms with E-state index in [1.807, 2.05) is 13.8 Å². The number of nitrogens with zero attached hydrogens (tertiary/aromatic N) is 4. The molecule has 0 saturated carbocycles. The van der Waals surface area contributed by atoms with Gasteiger partial charge in [0.1, 0.15) is 16.8 Å². The van der Waals surface area contributed by atoms with Crippen molar-refractivity contribution in [3.63, 3.8) is 0 Å². The van der Waals surface area contributed by atoms with E-state index >= 15 is 0 Å². The lowest BCUT2D eigenvalue weighted by Crippen LogP contribution is -2.59. The van der Waals surface area contributed by atoms with E-state index in [2.05, 4.69) is 26.7 Å². The van der Waals surface area contributed by atoms with Crippen molar-refractivity contribution in [3.8, 4) is 0 Å². The van der Waals surface area contributed by atoms with E-state index in [-0.39, 0.29) is 0 Å². The molecule has 3 rings (SSSR count). The Kier molecular flexibility index (Phi) is 3.87. The van der Waals surface area contributed by atoms with Crippen LogP contribution in [0, 0.1) is 13.8 Å². The fraction of sp³-hybridized carbons (Fsp3) is 0.733. The molecular weight excluding hydrogens is 272 g/mol. The lowest BCUT2D eigenvalue weighted by atomic mass is 9.97. The van der Waals surface area contributed by atoms with Crippen molar-refractivity contribution in [2.75, 3.05) is 24.5 Å². The van der Waals surface area contributed by atoms with Crippen molar-refractivity contribution in [1.29, 1.82) is 0 Å². The maximum Gasteiger partial charge on any atom is 0.137 e. The first-order valence-electron chi connectivity index (χ1n) is 7.57. The molecule has 3 heterocycles. The molecule has 2 aliphatic rings. The van der Waals surface area contributed by atoms with Crippen LogP contribution in [0.1, 0.15) is 37.6 Å². The largest absolute Gasteiger partial charge is 0.351 e. The second-order valence-corrected chi connectivity index (χ2v) is 6.51. The van der Waals surface area contributed by atoms with E-state index in [9.17, 15) is 0 Å². The fourth-order valence-corrected chi connectivity index (χ4v) is 3.71. The maximum atomic E-state index is 6.24. The summed E-state index contributed by atoms with van der Waals surface area (Å²) < 4.78 is 0. The third kappa shape index (κ3) is 2.51. The van der Waals surface area contributed by atoms with Crippen molar-refractivity contribution >= 4 is 17.4 Å². The summed E-state index contributed by atoms with van der Waals surface area (Å²) >= 11 is 6.24. The van der Waals surface area contributed by atoms with Gasteiger partial charge < -0.3 is 4.90 Å². The van der Waals surface area contributed by atoms with Gasteiger partial charge in [0.15, 0.2) is 0 Å². The molecule has 2 aliphatic heterocycles. The van der Waals surface area contributed by atoms with Gasteiger partial charge in [0.25, 0.3) is 0 Å². The minimum Gasteiger partial charge on any atom is -0.351 e. The van der Waals surface area contributed by atoms with E-state index in [1.54, 1.807) is 0 Å². The summed E-state index contributed by atoms with van der Waals surface area (Å²) in [5.41, 5.74) is 1.01. The van der Waals surface area contributed by atoms with Crippen LogP contribution in [0.25, 0.3) is 0 Å². The number of fused-ring (bicyclic) bond motifs is 1. The maximum absolute atomic E-state index is 6.24. The van der Waals surface area contributed by atoms with Crippen LogP contribution >= 0.6 is 11.6 Å². The summed E-state index contributed by atoms with van der Waals surface area (Å²) in [6.45, 7) is 9.67. The number of aryl methyl sites for hydroxylation is 1. The van der Waals surface area contributed by atoms with Crippen molar-refractivity contribution in [2.24, 2.45) is 0 Å². The first-order chi connectivity index (χ1) is 9.56. The lowest BCUT2D eigenvalue weighted by Gasteiger charge is -2.48. The minimum absolute atomic E-state index is 0.480. The highest BCUT2D eigenvalue weighted by Crippen LogP contribution is 2.30. The summed E-state index contributed by atoms with van der Waals surface area (Å²) in [5, 5.41) is 0.589. The van der Waals surface area contributed by atoms with Crippen LogP contribution in [0.2, 0.25) is 5.15 Å². The zero-order chi connectivity index (χ0) is 14.3. The molecule has 4 nitrogen and oxygen atoms in total. The zero-order valence-electron chi connectivity index (χ0n) is 12.6. The highest BCUT2D eigenvalue weighted by atomic mass is 35.5. The number of rotatable bonds is 1. The van der Waals surface area contributed by atoms with E-state index in [0.29, 0.717) is 17.2 Å². The standard InChI is InChI=1S/C15H23ClN4/c1-10-8-19-7-5-4-6-13(19)9-20(10)15-11(2)14(16)17-12(3)18-15/h10,13H,4-9H2,1-3H3. The van der Waals surface area contributed by atoms with Crippen molar-refractivity contribution in [3.05, 3.63) is 16.5 Å². The molecule has 110 valence electrons. The summed E-state index contributed by atoms with van der Waals surface area (Å²) in [6, 6.07) is 1.15. The monoisotopic (exact) mass is 294 g/mol. The molecule has 0 N–H and O–H groups in total. The normalized spacial score (nSPS) is 27.5. The van der Waals surface area contributed by atoms with Crippen LogP contribution in [0.15, 0.2) is 0 Å². The second kappa shape index (κ2) is 5.49. The number of anilines is 1. The molecule has 5 heteroatoms. The number of piperidine rings is 1. The predicted molar refractivity (Wildman–Crippen MR) is 82.5 cm³/mol. The topological polar surface area (TPSA) is 32.3 Å². The Bertz CT molecular complexity index is 505. The van der Waals surface area contributed by atoms with Gasteiger partial charge in [-0.05, 0) is 40.2 Å². The van der Waals surface area contributed by atoms with E-state index < -0.39 is 0 Å². The van der Waals surface area contributed by atoms with Crippen LogP contribution in [0.3, 0.4) is 0 Å². The van der Waals surface area contributed by atoms with E-state index in [4.69, 9.17) is 11.6 Å².